The first kappa shape index (κ1) is 38.4. The summed E-state index contributed by atoms with van der Waals surface area (Å²) in [6, 6.07) is 3.13. The fourth-order valence-electron chi connectivity index (χ4n) is 4.33. The maximum atomic E-state index is 13.9. The van der Waals surface area contributed by atoms with Crippen LogP contribution in [0.1, 0.15) is 33.4 Å². The number of phosphoric ester groups is 1. The summed E-state index contributed by atoms with van der Waals surface area (Å²) in [6.45, 7) is -1.99. The number of benzene rings is 3. The number of alkyl halides is 3. The van der Waals surface area contributed by atoms with Gasteiger partial charge in [0.2, 0.25) is 0 Å². The van der Waals surface area contributed by atoms with Crippen LogP contribution in [0.5, 0.6) is 0 Å². The molecular formula is C24H18F3N6O16P. The molecule has 0 spiro atoms. The Morgan fingerprint density at radius 3 is 0.940 bits per heavy atom. The molecule has 0 aliphatic rings. The number of rotatable bonds is 15. The van der Waals surface area contributed by atoms with Gasteiger partial charge in [0, 0.05) is 36.4 Å². The lowest BCUT2D eigenvalue weighted by Gasteiger charge is -2.19. The first-order valence-electron chi connectivity index (χ1n) is 13.0. The molecule has 0 atom stereocenters. The summed E-state index contributed by atoms with van der Waals surface area (Å²) in [4.78, 5) is 62.7. The second-order valence-corrected chi connectivity index (χ2v) is 11.5. The molecule has 26 heteroatoms. The zero-order valence-electron chi connectivity index (χ0n) is 24.9. The number of nitrogens with zero attached hydrogens (tertiary/aromatic N) is 6. The standard InChI is InChI=1S/C24H18F3N6O16P/c1-12-3-18(28(34)35)15(19(4-12)29(36)37)9-47-50(46,48-10-16-20(30(38)39)5-13(2)6-21(16)31(40)41)49-11-17-22(32(42)43)7-14(24(25,26)27)8-23(17)33(44)45/h3-8H,9-11H2,1-2H3. The molecule has 0 aliphatic carbocycles. The molecule has 3 aromatic rings. The minimum Gasteiger partial charge on any atom is -0.281 e. The highest BCUT2D eigenvalue weighted by Gasteiger charge is 2.40. The third-order valence-electron chi connectivity index (χ3n) is 6.51. The van der Waals surface area contributed by atoms with Crippen molar-refractivity contribution >= 4 is 41.9 Å². The van der Waals surface area contributed by atoms with Crippen LogP contribution in [0.25, 0.3) is 0 Å². The van der Waals surface area contributed by atoms with Gasteiger partial charge in [-0.2, -0.15) is 13.2 Å². The number of nitro groups is 6. The Balaban J connectivity index is 2.19. The van der Waals surface area contributed by atoms with Crippen LogP contribution >= 0.6 is 7.82 Å². The molecule has 266 valence electrons. The highest BCUT2D eigenvalue weighted by molar-refractivity contribution is 7.48. The number of nitro benzene ring substituents is 6. The molecule has 0 aromatic heterocycles. The number of hydrogen-bond acceptors (Lipinski definition) is 16. The SMILES string of the molecule is Cc1cc([N+](=O)[O-])c(COP(=O)(OCc2c([N+](=O)[O-])cc(C)cc2[N+](=O)[O-])OCc2c([N+](=O)[O-])cc(C(F)(F)F)cc2[N+](=O)[O-])c([N+](=O)[O-])c1. The molecule has 3 aromatic carbocycles. The molecule has 0 heterocycles. The van der Waals surface area contributed by atoms with Crippen molar-refractivity contribution in [1.29, 1.82) is 0 Å². The van der Waals surface area contributed by atoms with Gasteiger partial charge < -0.3 is 0 Å². The van der Waals surface area contributed by atoms with Crippen LogP contribution < -0.4 is 0 Å². The Bertz CT molecular complexity index is 1810. The summed E-state index contributed by atoms with van der Waals surface area (Å²) in [5, 5.41) is 70.1. The molecule has 0 bridgehead atoms. The van der Waals surface area contributed by atoms with Gasteiger partial charge in [-0.3, -0.25) is 74.3 Å². The lowest BCUT2D eigenvalue weighted by atomic mass is 10.1. The van der Waals surface area contributed by atoms with E-state index in [1.165, 1.54) is 13.8 Å². The van der Waals surface area contributed by atoms with E-state index in [0.717, 1.165) is 24.3 Å². The van der Waals surface area contributed by atoms with Crippen molar-refractivity contribution in [3.05, 3.63) is 130 Å². The number of aryl methyl sites for hydroxylation is 2. The van der Waals surface area contributed by atoms with E-state index in [0.29, 0.717) is 0 Å². The van der Waals surface area contributed by atoms with E-state index < -0.39 is 120 Å². The summed E-state index contributed by atoms with van der Waals surface area (Å²) < 4.78 is 69.0. The highest BCUT2D eigenvalue weighted by Crippen LogP contribution is 2.54. The molecule has 50 heavy (non-hydrogen) atoms. The molecule has 0 radical (unpaired) electrons. The second-order valence-electron chi connectivity index (χ2n) is 9.86. The number of phosphoric acid groups is 1. The van der Waals surface area contributed by atoms with Crippen molar-refractivity contribution in [2.45, 2.75) is 39.8 Å². The van der Waals surface area contributed by atoms with E-state index in [4.69, 9.17) is 13.6 Å². The van der Waals surface area contributed by atoms with Crippen molar-refractivity contribution in [3.8, 4) is 0 Å². The predicted molar refractivity (Wildman–Crippen MR) is 156 cm³/mol. The van der Waals surface area contributed by atoms with E-state index in [1.807, 2.05) is 0 Å². The Labute approximate surface area is 273 Å². The summed E-state index contributed by atoms with van der Waals surface area (Å²) in [5.74, 6) is 0. The Morgan fingerprint density at radius 2 is 0.740 bits per heavy atom. The molecule has 0 aliphatic heterocycles. The smallest absolute Gasteiger partial charge is 0.281 e. The minimum atomic E-state index is -5.64. The van der Waals surface area contributed by atoms with Crippen molar-refractivity contribution in [2.24, 2.45) is 0 Å². The van der Waals surface area contributed by atoms with E-state index in [-0.39, 0.29) is 23.3 Å². The lowest BCUT2D eigenvalue weighted by molar-refractivity contribution is -0.396. The van der Waals surface area contributed by atoms with E-state index in [2.05, 4.69) is 0 Å². The van der Waals surface area contributed by atoms with Crippen LogP contribution in [-0.4, -0.2) is 29.5 Å². The fraction of sp³-hybridized carbons (Fsp3) is 0.250. The van der Waals surface area contributed by atoms with Crippen LogP contribution in [0.4, 0.5) is 47.3 Å². The zero-order valence-corrected chi connectivity index (χ0v) is 25.8. The Hall–Kier alpha value is -6.04. The van der Waals surface area contributed by atoms with Crippen molar-refractivity contribution in [1.82, 2.24) is 0 Å². The van der Waals surface area contributed by atoms with Gasteiger partial charge in [0.15, 0.2) is 0 Å². The van der Waals surface area contributed by atoms with Crippen molar-refractivity contribution < 1.29 is 60.8 Å². The van der Waals surface area contributed by atoms with Gasteiger partial charge >= 0.3 is 14.0 Å². The van der Waals surface area contributed by atoms with E-state index in [1.54, 1.807) is 0 Å². The Morgan fingerprint density at radius 1 is 0.520 bits per heavy atom. The molecule has 0 unspecified atom stereocenters. The second kappa shape index (κ2) is 14.6. The van der Waals surface area contributed by atoms with Gasteiger partial charge in [-0.25, -0.2) is 4.57 Å². The van der Waals surface area contributed by atoms with Gasteiger partial charge in [0.25, 0.3) is 34.1 Å². The summed E-state index contributed by atoms with van der Waals surface area (Å²) in [6.07, 6.45) is -5.33. The van der Waals surface area contributed by atoms with Crippen LogP contribution in [0, 0.1) is 74.5 Å². The molecule has 0 amide bonds. The molecule has 0 saturated carbocycles. The van der Waals surface area contributed by atoms with Gasteiger partial charge in [-0.1, -0.05) is 0 Å². The highest BCUT2D eigenvalue weighted by atomic mass is 31.2. The van der Waals surface area contributed by atoms with E-state index in [9.17, 15) is 78.4 Å². The average molecular weight is 734 g/mol. The third-order valence-corrected chi connectivity index (χ3v) is 7.84. The maximum absolute atomic E-state index is 13.9. The largest absolute Gasteiger partial charge is 0.475 e. The van der Waals surface area contributed by atoms with Crippen molar-refractivity contribution in [3.63, 3.8) is 0 Å². The van der Waals surface area contributed by atoms with Gasteiger partial charge in [0.1, 0.15) is 16.7 Å². The molecular weight excluding hydrogens is 716 g/mol. The molecule has 3 rings (SSSR count). The van der Waals surface area contributed by atoms with Gasteiger partial charge in [0.05, 0.1) is 54.9 Å². The molecule has 0 saturated heterocycles. The number of halogens is 3. The van der Waals surface area contributed by atoms with Gasteiger partial charge in [-0.15, -0.1) is 0 Å². The topological polar surface area (TPSA) is 304 Å². The predicted octanol–water partition coefficient (Wildman–Crippen LogP) is 6.83. The first-order chi connectivity index (χ1) is 23.1. The Kier molecular flexibility index (Phi) is 11.2. The van der Waals surface area contributed by atoms with Crippen molar-refractivity contribution in [2.75, 3.05) is 0 Å². The van der Waals surface area contributed by atoms with Crippen LogP contribution in [0.3, 0.4) is 0 Å². The van der Waals surface area contributed by atoms with Crippen LogP contribution in [0.15, 0.2) is 36.4 Å². The number of hydrogen-bond donors (Lipinski definition) is 0. The fourth-order valence-corrected chi connectivity index (χ4v) is 5.41. The summed E-state index contributed by atoms with van der Waals surface area (Å²) >= 11 is 0. The summed E-state index contributed by atoms with van der Waals surface area (Å²) in [5.41, 5.74) is -11.9. The zero-order chi connectivity index (χ0) is 37.9. The normalized spacial score (nSPS) is 11.6. The van der Waals surface area contributed by atoms with Gasteiger partial charge in [-0.05, 0) is 25.0 Å². The lowest BCUT2D eigenvalue weighted by Crippen LogP contribution is -2.11. The average Bonchev–Trinajstić information content (AvgIpc) is 3.00. The first-order valence-corrected chi connectivity index (χ1v) is 14.4. The van der Waals surface area contributed by atoms with Crippen LogP contribution in [0.2, 0.25) is 0 Å². The minimum absolute atomic E-state index is 0.00347. The third kappa shape index (κ3) is 8.70. The molecule has 22 nitrogen and oxygen atoms in total. The monoisotopic (exact) mass is 734 g/mol. The van der Waals surface area contributed by atoms with Crippen LogP contribution in [-0.2, 0) is 44.1 Å². The molecule has 0 N–H and O–H groups in total. The quantitative estimate of drug-likeness (QED) is 0.0877. The maximum Gasteiger partial charge on any atom is 0.475 e. The summed E-state index contributed by atoms with van der Waals surface area (Å²) in [7, 11) is -5.64. The van der Waals surface area contributed by atoms with E-state index >= 15 is 0 Å². The molecule has 0 fully saturated rings.